The van der Waals surface area contributed by atoms with Gasteiger partial charge in [-0.2, -0.15) is 5.10 Å². The fraction of sp³-hybridized carbons (Fsp3) is 0.375. The lowest BCUT2D eigenvalue weighted by Gasteiger charge is -2.32. The quantitative estimate of drug-likeness (QED) is 0.291. The van der Waals surface area contributed by atoms with Gasteiger partial charge in [0.2, 0.25) is 11.9 Å². The van der Waals surface area contributed by atoms with Gasteiger partial charge in [-0.3, -0.25) is 14.4 Å². The Balaban J connectivity index is 1.67. The molecular weight excluding hydrogens is 528 g/mol. The van der Waals surface area contributed by atoms with Crippen LogP contribution in [0.5, 0.6) is 5.75 Å². The Hall–Kier alpha value is -4.44. The Bertz CT molecular complexity index is 1520. The molecule has 10 nitrogen and oxygen atoms in total. The minimum Gasteiger partial charge on any atom is -0.494 e. The fourth-order valence-corrected chi connectivity index (χ4v) is 5.23. The van der Waals surface area contributed by atoms with Gasteiger partial charge in [-0.05, 0) is 57.3 Å². The second-order valence-electron chi connectivity index (χ2n) is 10.1. The number of carbonyl (C=O) groups is 1. The molecule has 42 heavy (non-hydrogen) atoms. The number of amides is 1. The number of rotatable bonds is 12. The summed E-state index contributed by atoms with van der Waals surface area (Å²) in [6.45, 7) is 16.2. The first-order valence-corrected chi connectivity index (χ1v) is 14.4. The first-order chi connectivity index (χ1) is 20.3. The summed E-state index contributed by atoms with van der Waals surface area (Å²) in [6, 6.07) is 10.3. The van der Waals surface area contributed by atoms with E-state index in [9.17, 15) is 4.79 Å². The average molecular weight is 571 g/mol. The number of nitrogens with one attached hydrogen (secondary N) is 2. The molecule has 222 valence electrons. The van der Waals surface area contributed by atoms with Crippen LogP contribution in [-0.2, 0) is 11.3 Å². The zero-order valence-electron chi connectivity index (χ0n) is 25.5. The van der Waals surface area contributed by atoms with Crippen molar-refractivity contribution in [3.05, 3.63) is 66.9 Å². The highest BCUT2D eigenvalue weighted by Gasteiger charge is 2.20. The molecule has 1 amide bonds. The summed E-state index contributed by atoms with van der Waals surface area (Å²) >= 11 is 0. The van der Waals surface area contributed by atoms with Gasteiger partial charge in [0.05, 0.1) is 48.1 Å². The van der Waals surface area contributed by atoms with Crippen molar-refractivity contribution >= 4 is 45.5 Å². The van der Waals surface area contributed by atoms with Gasteiger partial charge in [-0.15, -0.1) is 0 Å². The van der Waals surface area contributed by atoms with Crippen LogP contribution in [0.15, 0.2) is 71.3 Å². The lowest BCUT2D eigenvalue weighted by molar-refractivity contribution is -0.111. The number of methoxy groups -OCH3 is 1. The number of allylic oxidation sites excluding steroid dienone is 1. The highest BCUT2D eigenvalue weighted by molar-refractivity contribution is 6.17. The van der Waals surface area contributed by atoms with Crippen molar-refractivity contribution in [1.29, 1.82) is 0 Å². The molecule has 10 heteroatoms. The van der Waals surface area contributed by atoms with E-state index in [2.05, 4.69) is 83.0 Å². The van der Waals surface area contributed by atoms with Crippen molar-refractivity contribution < 1.29 is 9.53 Å². The first kappa shape index (κ1) is 30.5. The summed E-state index contributed by atoms with van der Waals surface area (Å²) in [5, 5.41) is 11.8. The minimum absolute atomic E-state index is 0.296. The highest BCUT2D eigenvalue weighted by atomic mass is 16.5. The number of hydrogen-bond acceptors (Lipinski definition) is 8. The van der Waals surface area contributed by atoms with Crippen LogP contribution >= 0.6 is 0 Å². The zero-order chi connectivity index (χ0) is 30.2. The number of aliphatic imine (C=N–C) groups is 2. The van der Waals surface area contributed by atoms with E-state index < -0.39 is 0 Å². The third kappa shape index (κ3) is 6.88. The zero-order valence-corrected chi connectivity index (χ0v) is 25.5. The molecule has 0 bridgehead atoms. The molecule has 0 unspecified atom stereocenters. The van der Waals surface area contributed by atoms with E-state index in [-0.39, 0.29) is 5.91 Å². The van der Waals surface area contributed by atoms with E-state index in [1.807, 2.05) is 42.2 Å². The van der Waals surface area contributed by atoms with Crippen LogP contribution in [-0.4, -0.2) is 78.6 Å². The third-order valence-electron chi connectivity index (χ3n) is 7.48. The van der Waals surface area contributed by atoms with Gasteiger partial charge in [-0.25, -0.2) is 9.98 Å². The Morgan fingerprint density at radius 1 is 1.19 bits per heavy atom. The van der Waals surface area contributed by atoms with Gasteiger partial charge in [0.1, 0.15) is 5.75 Å². The summed E-state index contributed by atoms with van der Waals surface area (Å²) in [5.74, 6) is 0.750. The van der Waals surface area contributed by atoms with Crippen LogP contribution in [0.25, 0.3) is 10.9 Å². The number of nitrogens with zero attached hydrogens (tertiary/aromatic N) is 6. The molecule has 1 atom stereocenters. The number of aryl methyl sites for hydroxylation is 1. The molecule has 1 aliphatic heterocycles. The van der Waals surface area contributed by atoms with Crippen molar-refractivity contribution in [1.82, 2.24) is 14.7 Å². The number of ether oxygens (including phenoxy) is 1. The number of aromatic nitrogens is 2. The predicted octanol–water partition coefficient (Wildman–Crippen LogP) is 5.18. The SMILES string of the molecule is C=CC(=O)Nc1cc(NC2=NCC=CC(c3ccc4c(cnn4CC)c3)=N2)c(OC)cc1N(C)C[C@@H](C)N(CC)CC. The molecule has 0 spiro atoms. The van der Waals surface area contributed by atoms with Crippen LogP contribution < -0.4 is 20.3 Å². The highest BCUT2D eigenvalue weighted by Crippen LogP contribution is 2.37. The Kier molecular flexibility index (Phi) is 10.1. The van der Waals surface area contributed by atoms with Crippen LogP contribution in [0.2, 0.25) is 0 Å². The van der Waals surface area contributed by atoms with Crippen molar-refractivity contribution in [2.45, 2.75) is 40.3 Å². The molecule has 2 aromatic carbocycles. The van der Waals surface area contributed by atoms with E-state index >= 15 is 0 Å². The molecule has 1 aromatic heterocycles. The maximum Gasteiger partial charge on any atom is 0.247 e. The average Bonchev–Trinajstić information content (AvgIpc) is 3.26. The Morgan fingerprint density at radius 2 is 1.98 bits per heavy atom. The van der Waals surface area contributed by atoms with Crippen molar-refractivity contribution in [2.75, 3.05) is 55.9 Å². The van der Waals surface area contributed by atoms with Crippen LogP contribution in [0.1, 0.15) is 33.3 Å². The van der Waals surface area contributed by atoms with Crippen LogP contribution in [0, 0.1) is 0 Å². The number of fused-ring (bicyclic) bond motifs is 1. The summed E-state index contributed by atoms with van der Waals surface area (Å²) in [7, 11) is 3.64. The number of hydrogen-bond donors (Lipinski definition) is 2. The lowest BCUT2D eigenvalue weighted by atomic mass is 10.1. The van der Waals surface area contributed by atoms with Crippen LogP contribution in [0.3, 0.4) is 0 Å². The summed E-state index contributed by atoms with van der Waals surface area (Å²) in [4.78, 5) is 26.4. The molecule has 0 saturated carbocycles. The maximum absolute atomic E-state index is 12.4. The number of benzene rings is 2. The second kappa shape index (κ2) is 14.0. The van der Waals surface area contributed by atoms with Gasteiger partial charge in [0, 0.05) is 43.2 Å². The largest absolute Gasteiger partial charge is 0.494 e. The number of guanidine groups is 1. The molecule has 0 saturated heterocycles. The third-order valence-corrected chi connectivity index (χ3v) is 7.48. The van der Waals surface area contributed by atoms with E-state index in [0.29, 0.717) is 35.7 Å². The lowest BCUT2D eigenvalue weighted by Crippen LogP contribution is -2.41. The van der Waals surface area contributed by atoms with E-state index in [1.54, 1.807) is 7.11 Å². The molecule has 0 fully saturated rings. The first-order valence-electron chi connectivity index (χ1n) is 14.4. The van der Waals surface area contributed by atoms with E-state index in [4.69, 9.17) is 9.73 Å². The molecule has 2 N–H and O–H groups in total. The Morgan fingerprint density at radius 3 is 2.67 bits per heavy atom. The monoisotopic (exact) mass is 570 g/mol. The molecule has 2 heterocycles. The molecule has 4 rings (SSSR count). The van der Waals surface area contributed by atoms with Gasteiger partial charge in [-0.1, -0.05) is 32.6 Å². The predicted molar refractivity (Wildman–Crippen MR) is 174 cm³/mol. The maximum atomic E-state index is 12.4. The molecule has 0 radical (unpaired) electrons. The molecular formula is C32H42N8O2. The summed E-state index contributed by atoms with van der Waals surface area (Å²) in [6.07, 6.45) is 7.10. The van der Waals surface area contributed by atoms with Crippen LogP contribution in [0.4, 0.5) is 17.1 Å². The van der Waals surface area contributed by atoms with Gasteiger partial charge in [0.25, 0.3) is 0 Å². The fourth-order valence-electron chi connectivity index (χ4n) is 5.23. The van der Waals surface area contributed by atoms with E-state index in [1.165, 1.54) is 6.08 Å². The number of carbonyl (C=O) groups excluding carboxylic acids is 1. The summed E-state index contributed by atoms with van der Waals surface area (Å²) < 4.78 is 7.77. The van der Waals surface area contributed by atoms with Crippen molar-refractivity contribution in [3.63, 3.8) is 0 Å². The topological polar surface area (TPSA) is 99.4 Å². The Labute approximate surface area is 248 Å². The standard InChI is InChI=1S/C32H42N8O2/c1-8-31(41)35-26-18-27(30(42-7)19-29(26)38(6)21-22(5)39(9-2)10-3)37-32-33-16-12-13-25(36-32)23-14-15-28-24(17-23)20-34-40(28)11-4/h8,12-15,17-20,22H,1,9-11,16,21H2,2-7H3,(H,33,37)(H,35,41)/t22-/m1/s1. The molecule has 3 aromatic rings. The minimum atomic E-state index is -0.296. The van der Waals surface area contributed by atoms with Gasteiger partial charge < -0.3 is 20.3 Å². The molecule has 0 aliphatic carbocycles. The van der Waals surface area contributed by atoms with E-state index in [0.717, 1.165) is 54.0 Å². The number of likely N-dealkylation sites (N-methyl/N-ethyl adjacent to an activating group) is 2. The van der Waals surface area contributed by atoms with Crippen molar-refractivity contribution in [2.24, 2.45) is 9.98 Å². The summed E-state index contributed by atoms with van der Waals surface area (Å²) in [5.41, 5.74) is 4.94. The number of anilines is 3. The second-order valence-corrected chi connectivity index (χ2v) is 10.1. The van der Waals surface area contributed by atoms with Gasteiger partial charge >= 0.3 is 0 Å². The smallest absolute Gasteiger partial charge is 0.247 e. The van der Waals surface area contributed by atoms with Crippen molar-refractivity contribution in [3.8, 4) is 5.75 Å². The normalized spacial score (nSPS) is 13.8. The van der Waals surface area contributed by atoms with Gasteiger partial charge in [0.15, 0.2) is 0 Å². The molecule has 1 aliphatic rings.